The first-order chi connectivity index (χ1) is 13.9. The Hall–Kier alpha value is -2.58. The van der Waals surface area contributed by atoms with Gasteiger partial charge in [0.2, 0.25) is 5.91 Å². The fourth-order valence-corrected chi connectivity index (χ4v) is 4.36. The molecule has 9 heteroatoms. The maximum absolute atomic E-state index is 13.3. The van der Waals surface area contributed by atoms with Gasteiger partial charge < -0.3 is 19.3 Å². The Morgan fingerprint density at radius 3 is 2.62 bits per heavy atom. The number of anilines is 1. The SMILES string of the molecule is CN(C)C(=O)Cn1cc(C(=O)N2CCN(c3nccs3)CC2)c2ccc(Cl)cc21. The summed E-state index contributed by atoms with van der Waals surface area (Å²) in [5.41, 5.74) is 1.39. The van der Waals surface area contributed by atoms with Gasteiger partial charge in [-0.1, -0.05) is 17.7 Å². The smallest absolute Gasteiger partial charge is 0.256 e. The van der Waals surface area contributed by atoms with Crippen molar-refractivity contribution in [3.8, 4) is 0 Å². The Balaban J connectivity index is 1.58. The lowest BCUT2D eigenvalue weighted by atomic mass is 10.1. The highest BCUT2D eigenvalue weighted by molar-refractivity contribution is 7.13. The first kappa shape index (κ1) is 19.7. The van der Waals surface area contributed by atoms with Crippen molar-refractivity contribution in [2.45, 2.75) is 6.54 Å². The van der Waals surface area contributed by atoms with E-state index in [1.165, 1.54) is 4.90 Å². The Morgan fingerprint density at radius 2 is 1.97 bits per heavy atom. The molecule has 1 aliphatic rings. The normalized spacial score (nSPS) is 14.4. The Bertz CT molecular complexity index is 1040. The van der Waals surface area contributed by atoms with E-state index < -0.39 is 0 Å². The zero-order valence-electron chi connectivity index (χ0n) is 16.3. The molecular weight excluding hydrogens is 410 g/mol. The third-order valence-electron chi connectivity index (χ3n) is 5.14. The number of thiazole rings is 1. The Labute approximate surface area is 178 Å². The molecule has 0 unspecified atom stereocenters. The molecule has 0 atom stereocenters. The molecule has 3 aromatic rings. The average molecular weight is 432 g/mol. The number of piperazine rings is 1. The van der Waals surface area contributed by atoms with Crippen LogP contribution in [0.4, 0.5) is 5.13 Å². The number of hydrogen-bond acceptors (Lipinski definition) is 5. The van der Waals surface area contributed by atoms with Crippen LogP contribution in [0.2, 0.25) is 5.02 Å². The number of aromatic nitrogens is 2. The van der Waals surface area contributed by atoms with Crippen LogP contribution in [0, 0.1) is 0 Å². The van der Waals surface area contributed by atoms with Gasteiger partial charge in [0.25, 0.3) is 5.91 Å². The second-order valence-electron chi connectivity index (χ2n) is 7.21. The molecule has 152 valence electrons. The monoisotopic (exact) mass is 431 g/mol. The van der Waals surface area contributed by atoms with Gasteiger partial charge in [0.05, 0.1) is 11.1 Å². The van der Waals surface area contributed by atoms with E-state index in [4.69, 9.17) is 11.6 Å². The summed E-state index contributed by atoms with van der Waals surface area (Å²) in [6.45, 7) is 2.94. The van der Waals surface area contributed by atoms with Gasteiger partial charge >= 0.3 is 0 Å². The van der Waals surface area contributed by atoms with Crippen LogP contribution in [0.5, 0.6) is 0 Å². The fourth-order valence-electron chi connectivity index (χ4n) is 3.50. The van der Waals surface area contributed by atoms with Gasteiger partial charge in [-0.25, -0.2) is 4.98 Å². The summed E-state index contributed by atoms with van der Waals surface area (Å²) in [6, 6.07) is 5.43. The van der Waals surface area contributed by atoms with Gasteiger partial charge in [-0.3, -0.25) is 9.59 Å². The van der Waals surface area contributed by atoms with E-state index in [9.17, 15) is 9.59 Å². The van der Waals surface area contributed by atoms with Crippen LogP contribution in [-0.2, 0) is 11.3 Å². The van der Waals surface area contributed by atoms with Crippen molar-refractivity contribution in [1.29, 1.82) is 0 Å². The summed E-state index contributed by atoms with van der Waals surface area (Å²) in [4.78, 5) is 35.5. The van der Waals surface area contributed by atoms with Crippen molar-refractivity contribution < 1.29 is 9.59 Å². The van der Waals surface area contributed by atoms with Crippen molar-refractivity contribution in [3.63, 3.8) is 0 Å². The van der Waals surface area contributed by atoms with Crippen molar-refractivity contribution in [2.24, 2.45) is 0 Å². The lowest BCUT2D eigenvalue weighted by Crippen LogP contribution is -2.48. The fraction of sp³-hybridized carbons (Fsp3) is 0.350. The highest BCUT2D eigenvalue weighted by Gasteiger charge is 2.26. The molecule has 0 N–H and O–H groups in total. The molecule has 1 aliphatic heterocycles. The molecule has 1 fully saturated rings. The number of likely N-dealkylation sites (N-methyl/N-ethyl adjacent to an activating group) is 1. The van der Waals surface area contributed by atoms with Gasteiger partial charge in [-0.15, -0.1) is 11.3 Å². The summed E-state index contributed by atoms with van der Waals surface area (Å²) in [5.74, 6) is -0.0647. The van der Waals surface area contributed by atoms with Crippen molar-refractivity contribution in [1.82, 2.24) is 19.4 Å². The second kappa shape index (κ2) is 8.04. The first-order valence-corrected chi connectivity index (χ1v) is 10.6. The van der Waals surface area contributed by atoms with E-state index in [0.717, 1.165) is 29.1 Å². The zero-order valence-corrected chi connectivity index (χ0v) is 17.9. The third-order valence-corrected chi connectivity index (χ3v) is 6.20. The molecule has 2 aromatic heterocycles. The minimum absolute atomic E-state index is 0.0211. The van der Waals surface area contributed by atoms with Crippen LogP contribution in [0.15, 0.2) is 36.0 Å². The molecule has 29 heavy (non-hydrogen) atoms. The number of amides is 2. The maximum Gasteiger partial charge on any atom is 0.256 e. The number of benzene rings is 1. The summed E-state index contributed by atoms with van der Waals surface area (Å²) in [5, 5.41) is 4.34. The minimum atomic E-state index is -0.0436. The number of carbonyl (C=O) groups is 2. The van der Waals surface area contributed by atoms with Crippen LogP contribution in [0.3, 0.4) is 0 Å². The van der Waals surface area contributed by atoms with E-state index in [1.807, 2.05) is 20.9 Å². The predicted molar refractivity (Wildman–Crippen MR) is 116 cm³/mol. The van der Waals surface area contributed by atoms with Crippen LogP contribution in [-0.4, -0.2) is 71.4 Å². The molecule has 0 aliphatic carbocycles. The average Bonchev–Trinajstić information content (AvgIpc) is 3.36. The number of carbonyl (C=O) groups excluding carboxylic acids is 2. The van der Waals surface area contributed by atoms with Gasteiger partial charge in [0.1, 0.15) is 6.54 Å². The largest absolute Gasteiger partial charge is 0.347 e. The molecule has 0 radical (unpaired) electrons. The van der Waals surface area contributed by atoms with Crippen LogP contribution >= 0.6 is 22.9 Å². The van der Waals surface area contributed by atoms with E-state index in [2.05, 4.69) is 9.88 Å². The molecule has 1 aromatic carbocycles. The van der Waals surface area contributed by atoms with E-state index >= 15 is 0 Å². The predicted octanol–water partition coefficient (Wildman–Crippen LogP) is 2.80. The van der Waals surface area contributed by atoms with E-state index in [0.29, 0.717) is 23.7 Å². The van der Waals surface area contributed by atoms with E-state index in [-0.39, 0.29) is 18.4 Å². The zero-order chi connectivity index (χ0) is 20.5. The van der Waals surface area contributed by atoms with Gasteiger partial charge in [-0.2, -0.15) is 0 Å². The van der Waals surface area contributed by atoms with Crippen LogP contribution in [0.25, 0.3) is 10.9 Å². The highest BCUT2D eigenvalue weighted by Crippen LogP contribution is 2.27. The maximum atomic E-state index is 13.3. The highest BCUT2D eigenvalue weighted by atomic mass is 35.5. The number of rotatable bonds is 4. The second-order valence-corrected chi connectivity index (χ2v) is 8.52. The molecule has 2 amide bonds. The number of nitrogens with zero attached hydrogens (tertiary/aromatic N) is 5. The third kappa shape index (κ3) is 3.95. The molecule has 1 saturated heterocycles. The van der Waals surface area contributed by atoms with Gasteiger partial charge in [0.15, 0.2) is 5.13 Å². The molecule has 4 rings (SSSR count). The Morgan fingerprint density at radius 1 is 1.21 bits per heavy atom. The van der Waals surface area contributed by atoms with Crippen molar-refractivity contribution in [3.05, 3.63) is 46.6 Å². The molecule has 7 nitrogen and oxygen atoms in total. The van der Waals surface area contributed by atoms with Gasteiger partial charge in [0, 0.05) is 68.5 Å². The van der Waals surface area contributed by atoms with Crippen molar-refractivity contribution in [2.75, 3.05) is 45.2 Å². The molecule has 0 spiro atoms. The summed E-state index contributed by atoms with van der Waals surface area (Å²) < 4.78 is 1.81. The Kier molecular flexibility index (Phi) is 5.47. The summed E-state index contributed by atoms with van der Waals surface area (Å²) in [7, 11) is 3.43. The summed E-state index contributed by atoms with van der Waals surface area (Å²) >= 11 is 7.79. The first-order valence-electron chi connectivity index (χ1n) is 9.36. The molecule has 3 heterocycles. The number of hydrogen-bond donors (Lipinski definition) is 0. The van der Waals surface area contributed by atoms with E-state index in [1.54, 1.807) is 50.0 Å². The number of halogens is 1. The number of fused-ring (bicyclic) bond motifs is 1. The summed E-state index contributed by atoms with van der Waals surface area (Å²) in [6.07, 6.45) is 3.57. The topological polar surface area (TPSA) is 61.7 Å². The lowest BCUT2D eigenvalue weighted by molar-refractivity contribution is -0.129. The van der Waals surface area contributed by atoms with Crippen molar-refractivity contribution >= 4 is 50.8 Å². The lowest BCUT2D eigenvalue weighted by Gasteiger charge is -2.34. The molecule has 0 saturated carbocycles. The van der Waals surface area contributed by atoms with Crippen LogP contribution < -0.4 is 4.90 Å². The quantitative estimate of drug-likeness (QED) is 0.637. The molecular formula is C20H22ClN5O2S. The minimum Gasteiger partial charge on any atom is -0.347 e. The standard InChI is InChI=1S/C20H22ClN5O2S/c1-23(2)18(27)13-26-12-16(15-4-3-14(21)11-17(15)26)19(28)24-6-8-25(9-7-24)20-22-5-10-29-20/h3-5,10-12H,6-9,13H2,1-2H3. The van der Waals surface area contributed by atoms with Crippen LogP contribution in [0.1, 0.15) is 10.4 Å². The molecule has 0 bridgehead atoms. The van der Waals surface area contributed by atoms with Gasteiger partial charge in [-0.05, 0) is 12.1 Å².